The van der Waals surface area contributed by atoms with Crippen LogP contribution >= 0.6 is 0 Å². The molecule has 0 saturated heterocycles. The van der Waals surface area contributed by atoms with E-state index in [9.17, 15) is 14.4 Å². The topological polar surface area (TPSA) is 95.9 Å². The predicted octanol–water partition coefficient (Wildman–Crippen LogP) is 4.18. The van der Waals surface area contributed by atoms with E-state index in [2.05, 4.69) is 29.6 Å². The van der Waals surface area contributed by atoms with Crippen molar-refractivity contribution in [2.75, 3.05) is 13.2 Å². The maximum Gasteiger partial charge on any atom is 0.407 e. The summed E-state index contributed by atoms with van der Waals surface area (Å²) < 4.78 is 5.62. The molecule has 2 aliphatic carbocycles. The van der Waals surface area contributed by atoms with Crippen molar-refractivity contribution in [3.63, 3.8) is 0 Å². The van der Waals surface area contributed by atoms with E-state index in [0.29, 0.717) is 12.8 Å². The minimum absolute atomic E-state index is 0.0232. The first-order valence-electron chi connectivity index (χ1n) is 11.7. The summed E-state index contributed by atoms with van der Waals surface area (Å²) >= 11 is 0. The highest BCUT2D eigenvalue weighted by Gasteiger charge is 2.32. The van der Waals surface area contributed by atoms with Crippen molar-refractivity contribution in [1.29, 1.82) is 0 Å². The molecule has 0 radical (unpaired) electrons. The molecule has 2 amide bonds. The van der Waals surface area contributed by atoms with Crippen molar-refractivity contribution in [3.05, 3.63) is 71.8 Å². The number of amides is 2. The molecule has 2 N–H and O–H groups in total. The highest BCUT2D eigenvalue weighted by atomic mass is 16.5. The molecule has 178 valence electrons. The van der Waals surface area contributed by atoms with Crippen LogP contribution in [0.3, 0.4) is 0 Å². The third kappa shape index (κ3) is 4.98. The van der Waals surface area contributed by atoms with Crippen molar-refractivity contribution in [2.45, 2.75) is 44.7 Å². The first kappa shape index (κ1) is 23.5. The summed E-state index contributed by atoms with van der Waals surface area (Å²) in [6.07, 6.45) is 4.12. The van der Waals surface area contributed by atoms with Gasteiger partial charge >= 0.3 is 12.1 Å². The van der Waals surface area contributed by atoms with E-state index in [0.717, 1.165) is 11.1 Å². The summed E-state index contributed by atoms with van der Waals surface area (Å²) in [7, 11) is 0. The van der Waals surface area contributed by atoms with E-state index in [4.69, 9.17) is 9.84 Å². The fourth-order valence-corrected chi connectivity index (χ4v) is 4.88. The number of hydrogen-bond acceptors (Lipinski definition) is 4. The Balaban J connectivity index is 1.36. The second-order valence-corrected chi connectivity index (χ2v) is 9.13. The number of nitrogens with zero attached hydrogens (tertiary/aromatic N) is 1. The van der Waals surface area contributed by atoms with Gasteiger partial charge in [-0.15, -0.1) is 0 Å². The van der Waals surface area contributed by atoms with E-state index in [1.54, 1.807) is 13.8 Å². The SMILES string of the molecule is CC(C)N(CC(=O)O)C(=O)[C@@H]1CC=C[C@@H](NC(=O)OCC2c3ccccc3-c3ccccc32)C1. The first-order valence-corrected chi connectivity index (χ1v) is 11.7. The lowest BCUT2D eigenvalue weighted by atomic mass is 9.89. The Morgan fingerprint density at radius 3 is 2.26 bits per heavy atom. The van der Waals surface area contributed by atoms with Crippen molar-refractivity contribution < 1.29 is 24.2 Å². The largest absolute Gasteiger partial charge is 0.480 e. The van der Waals surface area contributed by atoms with E-state index in [1.807, 2.05) is 36.4 Å². The molecule has 0 spiro atoms. The van der Waals surface area contributed by atoms with Crippen molar-refractivity contribution in [1.82, 2.24) is 10.2 Å². The molecule has 7 heteroatoms. The molecule has 2 atom stereocenters. The third-order valence-corrected chi connectivity index (χ3v) is 6.54. The maximum atomic E-state index is 12.9. The number of aliphatic carboxylic acids is 1. The molecule has 0 bridgehead atoms. The Bertz CT molecular complexity index is 1060. The predicted molar refractivity (Wildman–Crippen MR) is 128 cm³/mol. The van der Waals surface area contributed by atoms with Crippen LogP contribution in [0.2, 0.25) is 0 Å². The Hall–Kier alpha value is -3.61. The number of carbonyl (C=O) groups excluding carboxylic acids is 2. The van der Waals surface area contributed by atoms with Gasteiger partial charge in [-0.3, -0.25) is 9.59 Å². The minimum atomic E-state index is -1.04. The number of nitrogens with one attached hydrogen (secondary N) is 1. The number of hydrogen-bond donors (Lipinski definition) is 2. The van der Waals surface area contributed by atoms with Crippen molar-refractivity contribution in [3.8, 4) is 11.1 Å². The molecule has 0 heterocycles. The number of carboxylic acids is 1. The molecule has 34 heavy (non-hydrogen) atoms. The van der Waals surface area contributed by atoms with Crippen LogP contribution in [-0.2, 0) is 14.3 Å². The van der Waals surface area contributed by atoms with Crippen LogP contribution in [0.1, 0.15) is 43.7 Å². The van der Waals surface area contributed by atoms with E-state index in [-0.39, 0.29) is 43.0 Å². The normalized spacial score (nSPS) is 18.8. The lowest BCUT2D eigenvalue weighted by Crippen LogP contribution is -2.46. The van der Waals surface area contributed by atoms with Crippen LogP contribution in [0.25, 0.3) is 11.1 Å². The number of carbonyl (C=O) groups is 3. The first-order chi connectivity index (χ1) is 16.3. The molecule has 2 aromatic carbocycles. The summed E-state index contributed by atoms with van der Waals surface area (Å²) in [5, 5.41) is 12.0. The van der Waals surface area contributed by atoms with Gasteiger partial charge in [0.25, 0.3) is 0 Å². The van der Waals surface area contributed by atoms with E-state index < -0.39 is 12.1 Å². The van der Waals surface area contributed by atoms with Gasteiger partial charge in [0, 0.05) is 17.9 Å². The van der Waals surface area contributed by atoms with Gasteiger partial charge in [0.15, 0.2) is 0 Å². The Kier molecular flexibility index (Phi) is 7.01. The van der Waals surface area contributed by atoms with Crippen LogP contribution in [0.4, 0.5) is 4.79 Å². The molecule has 2 aromatic rings. The lowest BCUT2D eigenvalue weighted by molar-refractivity contribution is -0.148. The maximum absolute atomic E-state index is 12.9. The van der Waals surface area contributed by atoms with E-state index in [1.165, 1.54) is 16.0 Å². The highest BCUT2D eigenvalue weighted by Crippen LogP contribution is 2.44. The van der Waals surface area contributed by atoms with Gasteiger partial charge < -0.3 is 20.1 Å². The summed E-state index contributed by atoms with van der Waals surface area (Å²) in [6, 6.07) is 15.7. The Labute approximate surface area is 199 Å². The van der Waals surface area contributed by atoms with Gasteiger partial charge in [-0.1, -0.05) is 60.7 Å². The number of benzene rings is 2. The van der Waals surface area contributed by atoms with Crippen molar-refractivity contribution >= 4 is 18.0 Å². The number of alkyl carbamates (subject to hydrolysis) is 1. The third-order valence-electron chi connectivity index (χ3n) is 6.54. The molecule has 7 nitrogen and oxygen atoms in total. The lowest BCUT2D eigenvalue weighted by Gasteiger charge is -2.32. The zero-order valence-corrected chi connectivity index (χ0v) is 19.4. The second kappa shape index (κ2) is 10.1. The number of ether oxygens (including phenoxy) is 1. The average molecular weight is 463 g/mol. The van der Waals surface area contributed by atoms with Crippen molar-refractivity contribution in [2.24, 2.45) is 5.92 Å². The average Bonchev–Trinajstić information content (AvgIpc) is 3.14. The van der Waals surface area contributed by atoms with Gasteiger partial charge in [-0.25, -0.2) is 4.79 Å². The minimum Gasteiger partial charge on any atom is -0.480 e. The fraction of sp³-hybridized carbons (Fsp3) is 0.370. The molecule has 0 unspecified atom stereocenters. The molecule has 0 aliphatic heterocycles. The van der Waals surface area contributed by atoms with Gasteiger partial charge in [0.2, 0.25) is 5.91 Å². The molecular weight excluding hydrogens is 432 g/mol. The van der Waals surface area contributed by atoms with E-state index >= 15 is 0 Å². The molecule has 2 aliphatic rings. The number of rotatable bonds is 7. The number of allylic oxidation sites excluding steroid dienone is 1. The monoisotopic (exact) mass is 462 g/mol. The van der Waals surface area contributed by atoms with Crippen LogP contribution < -0.4 is 5.32 Å². The fourth-order valence-electron chi connectivity index (χ4n) is 4.88. The zero-order chi connectivity index (χ0) is 24.2. The zero-order valence-electron chi connectivity index (χ0n) is 19.4. The van der Waals surface area contributed by atoms with Gasteiger partial charge in [0.05, 0.1) is 6.04 Å². The van der Waals surface area contributed by atoms with Crippen LogP contribution in [0.5, 0.6) is 0 Å². The summed E-state index contributed by atoms with van der Waals surface area (Å²) in [4.78, 5) is 38.1. The summed E-state index contributed by atoms with van der Waals surface area (Å²) in [6.45, 7) is 3.48. The smallest absolute Gasteiger partial charge is 0.407 e. The Morgan fingerprint density at radius 1 is 1.06 bits per heavy atom. The summed E-state index contributed by atoms with van der Waals surface area (Å²) in [5.74, 6) is -1.65. The molecule has 0 aromatic heterocycles. The van der Waals surface area contributed by atoms with Gasteiger partial charge in [-0.05, 0) is 48.9 Å². The molecule has 0 saturated carbocycles. The van der Waals surface area contributed by atoms with Gasteiger partial charge in [-0.2, -0.15) is 0 Å². The standard InChI is InChI=1S/C27H30N2O5/c1-17(2)29(15-25(30)31)26(32)18-8-7-9-19(14-18)28-27(33)34-16-24-22-12-5-3-10-20(22)21-11-4-6-13-23(21)24/h3-7,9-13,17-19,24H,8,14-16H2,1-2H3,(H,28,33)(H,30,31)/t18-,19-/m1/s1. The molecular formula is C27H30N2O5. The Morgan fingerprint density at radius 2 is 1.68 bits per heavy atom. The molecule has 4 rings (SSSR count). The van der Waals surface area contributed by atoms with Crippen LogP contribution in [0, 0.1) is 5.92 Å². The number of fused-ring (bicyclic) bond motifs is 3. The number of carboxylic acid groups (broad SMARTS) is 1. The molecule has 0 fully saturated rings. The van der Waals surface area contributed by atoms with Gasteiger partial charge in [0.1, 0.15) is 13.2 Å². The van der Waals surface area contributed by atoms with Crippen LogP contribution in [-0.4, -0.2) is 53.2 Å². The summed E-state index contributed by atoms with van der Waals surface area (Å²) in [5.41, 5.74) is 4.62. The highest BCUT2D eigenvalue weighted by molar-refractivity contribution is 5.84. The second-order valence-electron chi connectivity index (χ2n) is 9.13. The van der Waals surface area contributed by atoms with Crippen LogP contribution in [0.15, 0.2) is 60.7 Å². The quantitative estimate of drug-likeness (QED) is 0.602.